The molecule has 1 aliphatic rings. The lowest BCUT2D eigenvalue weighted by molar-refractivity contribution is -0.142. The zero-order chi connectivity index (χ0) is 13.0. The summed E-state index contributed by atoms with van der Waals surface area (Å²) in [4.78, 5) is 23.3. The third kappa shape index (κ3) is 2.77. The minimum absolute atomic E-state index is 0.0418. The van der Waals surface area contributed by atoms with Gasteiger partial charge in [-0.1, -0.05) is 30.3 Å². The number of methoxy groups -OCH3 is 1. The van der Waals surface area contributed by atoms with E-state index in [1.54, 1.807) is 6.20 Å². The highest BCUT2D eigenvalue weighted by Crippen LogP contribution is 2.16. The first-order valence-corrected chi connectivity index (χ1v) is 5.80. The molecule has 0 amide bonds. The van der Waals surface area contributed by atoms with E-state index in [1.165, 1.54) is 7.11 Å². The number of nitrogens with one attached hydrogen (secondary N) is 1. The van der Waals surface area contributed by atoms with E-state index in [1.807, 2.05) is 30.3 Å². The van der Waals surface area contributed by atoms with Crippen LogP contribution in [0, 0.1) is 0 Å². The van der Waals surface area contributed by atoms with Gasteiger partial charge in [0.25, 0.3) is 0 Å². The van der Waals surface area contributed by atoms with Crippen molar-refractivity contribution in [1.29, 1.82) is 0 Å². The van der Waals surface area contributed by atoms with E-state index in [-0.39, 0.29) is 11.8 Å². The van der Waals surface area contributed by atoms with Crippen molar-refractivity contribution < 1.29 is 14.3 Å². The first-order valence-electron chi connectivity index (χ1n) is 5.80. The number of Topliss-reactive ketones (excluding diaryl/α,β-unsaturated/α-hetero) is 1. The Bertz CT molecular complexity index is 479. The first kappa shape index (κ1) is 12.4. The summed E-state index contributed by atoms with van der Waals surface area (Å²) in [5.74, 6) is -0.297. The van der Waals surface area contributed by atoms with Gasteiger partial charge in [0.2, 0.25) is 0 Å². The number of esters is 1. The van der Waals surface area contributed by atoms with Crippen LogP contribution in [-0.4, -0.2) is 24.9 Å². The summed E-state index contributed by atoms with van der Waals surface area (Å²) in [6.45, 7) is 0. The third-order valence-electron chi connectivity index (χ3n) is 2.93. The summed E-state index contributed by atoms with van der Waals surface area (Å²) in [6.07, 6.45) is 2.38. The van der Waals surface area contributed by atoms with Crippen LogP contribution in [0.5, 0.6) is 0 Å². The van der Waals surface area contributed by atoms with Crippen molar-refractivity contribution in [3.05, 3.63) is 47.7 Å². The molecule has 0 bridgehead atoms. The molecule has 0 saturated carbocycles. The van der Waals surface area contributed by atoms with Crippen LogP contribution >= 0.6 is 0 Å². The number of benzene rings is 1. The zero-order valence-electron chi connectivity index (χ0n) is 10.2. The molecule has 4 nitrogen and oxygen atoms in total. The van der Waals surface area contributed by atoms with Gasteiger partial charge in [-0.05, 0) is 5.56 Å². The molecule has 1 aromatic carbocycles. The van der Waals surface area contributed by atoms with Crippen LogP contribution < -0.4 is 5.32 Å². The van der Waals surface area contributed by atoms with E-state index in [9.17, 15) is 9.59 Å². The Morgan fingerprint density at radius 2 is 2.06 bits per heavy atom. The van der Waals surface area contributed by atoms with Gasteiger partial charge in [0.1, 0.15) is 6.04 Å². The number of rotatable bonds is 4. The number of hydrogen-bond donors (Lipinski definition) is 1. The Morgan fingerprint density at radius 3 is 2.72 bits per heavy atom. The minimum Gasteiger partial charge on any atom is -0.467 e. The van der Waals surface area contributed by atoms with E-state index in [4.69, 9.17) is 0 Å². The maximum atomic E-state index is 12.0. The normalized spacial score (nSPS) is 17.8. The molecule has 1 aromatic rings. The average Bonchev–Trinajstić information content (AvgIpc) is 2.88. The lowest BCUT2D eigenvalue weighted by atomic mass is 10.0. The van der Waals surface area contributed by atoms with Crippen molar-refractivity contribution >= 4 is 11.8 Å². The van der Waals surface area contributed by atoms with Gasteiger partial charge >= 0.3 is 5.97 Å². The fourth-order valence-corrected chi connectivity index (χ4v) is 1.92. The monoisotopic (exact) mass is 245 g/mol. The molecule has 2 rings (SSSR count). The van der Waals surface area contributed by atoms with Gasteiger partial charge in [-0.15, -0.1) is 0 Å². The molecule has 1 aliphatic heterocycles. The van der Waals surface area contributed by atoms with Crippen molar-refractivity contribution in [2.75, 3.05) is 7.11 Å². The van der Waals surface area contributed by atoms with Gasteiger partial charge in [-0.2, -0.15) is 0 Å². The molecule has 1 N–H and O–H groups in total. The molecule has 1 atom stereocenters. The standard InChI is InChI=1S/C14H15NO3/c1-18-14(17)12-8-11(9-15-12)13(16)7-10-5-3-2-4-6-10/h2-6,9,12,15H,7-8H2,1H3. The molecule has 0 aromatic heterocycles. The maximum Gasteiger partial charge on any atom is 0.328 e. The predicted molar refractivity (Wildman–Crippen MR) is 66.8 cm³/mol. The quantitative estimate of drug-likeness (QED) is 0.810. The highest BCUT2D eigenvalue weighted by Gasteiger charge is 2.27. The second-order valence-electron chi connectivity index (χ2n) is 4.20. The van der Waals surface area contributed by atoms with Crippen LogP contribution in [-0.2, 0) is 20.7 Å². The Kier molecular flexibility index (Phi) is 3.77. The van der Waals surface area contributed by atoms with Gasteiger partial charge < -0.3 is 10.1 Å². The zero-order valence-corrected chi connectivity index (χ0v) is 10.2. The average molecular weight is 245 g/mol. The fourth-order valence-electron chi connectivity index (χ4n) is 1.92. The molecule has 4 heteroatoms. The van der Waals surface area contributed by atoms with Crippen molar-refractivity contribution in [2.24, 2.45) is 0 Å². The van der Waals surface area contributed by atoms with Crippen LogP contribution in [0.3, 0.4) is 0 Å². The topological polar surface area (TPSA) is 55.4 Å². The first-order chi connectivity index (χ1) is 8.70. The highest BCUT2D eigenvalue weighted by atomic mass is 16.5. The second kappa shape index (κ2) is 5.49. The summed E-state index contributed by atoms with van der Waals surface area (Å²) < 4.78 is 4.63. The van der Waals surface area contributed by atoms with E-state index in [0.29, 0.717) is 18.4 Å². The van der Waals surface area contributed by atoms with Crippen LogP contribution in [0.2, 0.25) is 0 Å². The summed E-state index contributed by atoms with van der Waals surface area (Å²) in [7, 11) is 1.34. The third-order valence-corrected chi connectivity index (χ3v) is 2.93. The van der Waals surface area contributed by atoms with Crippen molar-refractivity contribution in [2.45, 2.75) is 18.9 Å². The molecular weight excluding hydrogens is 230 g/mol. The number of ether oxygens (including phenoxy) is 1. The van der Waals surface area contributed by atoms with Crippen LogP contribution in [0.25, 0.3) is 0 Å². The van der Waals surface area contributed by atoms with Crippen molar-refractivity contribution in [3.63, 3.8) is 0 Å². The molecule has 94 valence electrons. The largest absolute Gasteiger partial charge is 0.467 e. The summed E-state index contributed by atoms with van der Waals surface area (Å²) in [5.41, 5.74) is 1.62. The molecular formula is C14H15NO3. The van der Waals surface area contributed by atoms with Gasteiger partial charge in [-0.25, -0.2) is 4.79 Å². The fraction of sp³-hybridized carbons (Fsp3) is 0.286. The SMILES string of the molecule is COC(=O)C1CC(C(=O)Cc2ccccc2)=CN1. The number of ketones is 1. The second-order valence-corrected chi connectivity index (χ2v) is 4.20. The van der Waals surface area contributed by atoms with Crippen LogP contribution in [0.15, 0.2) is 42.1 Å². The van der Waals surface area contributed by atoms with Gasteiger partial charge in [-0.3, -0.25) is 4.79 Å². The molecule has 0 saturated heterocycles. The Labute approximate surface area is 106 Å². The van der Waals surface area contributed by atoms with E-state index in [2.05, 4.69) is 10.1 Å². The van der Waals surface area contributed by atoms with E-state index in [0.717, 1.165) is 5.56 Å². The number of carbonyl (C=O) groups is 2. The molecule has 0 aliphatic carbocycles. The van der Waals surface area contributed by atoms with Crippen molar-refractivity contribution in [1.82, 2.24) is 5.32 Å². The molecule has 0 spiro atoms. The number of hydrogen-bond acceptors (Lipinski definition) is 4. The molecule has 1 heterocycles. The molecule has 18 heavy (non-hydrogen) atoms. The molecule has 0 radical (unpaired) electrons. The van der Waals surface area contributed by atoms with Gasteiger partial charge in [0, 0.05) is 24.6 Å². The van der Waals surface area contributed by atoms with Crippen LogP contribution in [0.1, 0.15) is 12.0 Å². The van der Waals surface area contributed by atoms with Crippen molar-refractivity contribution in [3.8, 4) is 0 Å². The highest BCUT2D eigenvalue weighted by molar-refractivity contribution is 5.98. The Morgan fingerprint density at radius 1 is 1.33 bits per heavy atom. The Hall–Kier alpha value is -2.10. The maximum absolute atomic E-state index is 12.0. The predicted octanol–water partition coefficient (Wildman–Crippen LogP) is 1.22. The summed E-state index contributed by atoms with van der Waals surface area (Å²) in [5, 5.41) is 2.87. The smallest absolute Gasteiger partial charge is 0.328 e. The van der Waals surface area contributed by atoms with E-state index < -0.39 is 6.04 Å². The van der Waals surface area contributed by atoms with E-state index >= 15 is 0 Å². The summed E-state index contributed by atoms with van der Waals surface area (Å²) >= 11 is 0. The lowest BCUT2D eigenvalue weighted by Crippen LogP contribution is -2.30. The number of carbonyl (C=O) groups excluding carboxylic acids is 2. The summed E-state index contributed by atoms with van der Waals surface area (Å²) in [6, 6.07) is 9.13. The van der Waals surface area contributed by atoms with Gasteiger partial charge in [0.15, 0.2) is 5.78 Å². The lowest BCUT2D eigenvalue weighted by Gasteiger charge is -2.07. The molecule has 1 unspecified atom stereocenters. The Balaban J connectivity index is 1.94. The van der Waals surface area contributed by atoms with Crippen LogP contribution in [0.4, 0.5) is 0 Å². The molecule has 0 fully saturated rings. The minimum atomic E-state index is -0.426. The van der Waals surface area contributed by atoms with Gasteiger partial charge in [0.05, 0.1) is 7.11 Å².